The van der Waals surface area contributed by atoms with E-state index in [2.05, 4.69) is 4.84 Å². The lowest BCUT2D eigenvalue weighted by molar-refractivity contribution is -0.711. The van der Waals surface area contributed by atoms with Crippen molar-refractivity contribution in [1.29, 1.82) is 0 Å². The largest absolute Gasteiger partial charge is 0.299 e. The molecule has 64 valence electrons. The molecule has 4 nitrogen and oxygen atoms in total. The fraction of sp³-hybridized carbons (Fsp3) is 0. The number of halogens is 1. The van der Waals surface area contributed by atoms with Crippen LogP contribution in [0.1, 0.15) is 0 Å². The Balaban J connectivity index is 2.89. The summed E-state index contributed by atoms with van der Waals surface area (Å²) in [6.45, 7) is 0. The van der Waals surface area contributed by atoms with Crippen molar-refractivity contribution in [2.45, 2.75) is 4.90 Å². The molecule has 0 radical (unpaired) electrons. The highest BCUT2D eigenvalue weighted by atomic mass is 35.7. The first kappa shape index (κ1) is 9.15. The van der Waals surface area contributed by atoms with Crippen molar-refractivity contribution in [3.8, 4) is 5.75 Å². The predicted octanol–water partition coefficient (Wildman–Crippen LogP) is 2.50. The highest BCUT2D eigenvalue weighted by molar-refractivity contribution is 8.21. The van der Waals surface area contributed by atoms with Crippen LogP contribution in [0.3, 0.4) is 0 Å². The minimum absolute atomic E-state index is 0.155. The first-order chi connectivity index (χ1) is 5.74. The number of hydrogen-bond acceptors (Lipinski definition) is 4. The van der Waals surface area contributed by atoms with Gasteiger partial charge in [0.1, 0.15) is 5.75 Å². The Morgan fingerprint density at radius 2 is 2.17 bits per heavy atom. The minimum Gasteiger partial charge on any atom is -0.275 e. The molecule has 1 aromatic carbocycles. The van der Waals surface area contributed by atoms with Crippen molar-refractivity contribution in [3.63, 3.8) is 0 Å². The first-order valence-electron chi connectivity index (χ1n) is 2.94. The fourth-order valence-corrected chi connectivity index (χ4v) is 1.36. The second-order valence-corrected chi connectivity index (χ2v) is 2.90. The van der Waals surface area contributed by atoms with Crippen molar-refractivity contribution < 1.29 is 9.92 Å². The molecule has 0 aliphatic carbocycles. The summed E-state index contributed by atoms with van der Waals surface area (Å²) in [6, 6.07) is 6.47. The maximum absolute atomic E-state index is 9.97. The smallest absolute Gasteiger partial charge is 0.275 e. The Kier molecular flexibility index (Phi) is 3.19. The fourth-order valence-electron chi connectivity index (χ4n) is 0.670. The lowest BCUT2D eigenvalue weighted by Gasteiger charge is -2.01. The summed E-state index contributed by atoms with van der Waals surface area (Å²) in [5.74, 6) is 0.155. The molecular weight excluding hydrogens is 202 g/mol. The molecule has 0 aromatic heterocycles. The van der Waals surface area contributed by atoms with Crippen LogP contribution in [0.25, 0.3) is 0 Å². The van der Waals surface area contributed by atoms with Crippen molar-refractivity contribution in [3.05, 3.63) is 34.4 Å². The number of benzene rings is 1. The van der Waals surface area contributed by atoms with Crippen LogP contribution < -0.4 is 4.84 Å². The topological polar surface area (TPSA) is 52.4 Å². The van der Waals surface area contributed by atoms with Crippen LogP contribution >= 0.6 is 21.7 Å². The maximum Gasteiger partial charge on any atom is 0.299 e. The van der Waals surface area contributed by atoms with E-state index in [4.69, 9.17) is 10.7 Å². The third-order valence-corrected chi connectivity index (χ3v) is 2.11. The Morgan fingerprint density at radius 1 is 1.50 bits per heavy atom. The summed E-state index contributed by atoms with van der Waals surface area (Å²) in [6.07, 6.45) is 0. The van der Waals surface area contributed by atoms with Crippen LogP contribution in [0.5, 0.6) is 5.75 Å². The molecule has 0 unspecified atom stereocenters. The van der Waals surface area contributed by atoms with E-state index in [1.807, 2.05) is 0 Å². The van der Waals surface area contributed by atoms with Gasteiger partial charge in [0.05, 0.1) is 4.90 Å². The minimum atomic E-state index is -0.869. The lowest BCUT2D eigenvalue weighted by atomic mass is 10.3. The van der Waals surface area contributed by atoms with Gasteiger partial charge in [0.25, 0.3) is 5.09 Å². The van der Waals surface area contributed by atoms with E-state index in [9.17, 15) is 10.1 Å². The molecule has 0 heterocycles. The normalized spacial score (nSPS) is 9.42. The monoisotopic (exact) mass is 205 g/mol. The molecule has 0 N–H and O–H groups in total. The molecule has 0 aliphatic rings. The Morgan fingerprint density at radius 3 is 2.75 bits per heavy atom. The van der Waals surface area contributed by atoms with Gasteiger partial charge in [0, 0.05) is 0 Å². The highest BCUT2D eigenvalue weighted by Crippen LogP contribution is 2.31. The van der Waals surface area contributed by atoms with Crippen LogP contribution in [-0.2, 0) is 0 Å². The number of nitrogens with zero attached hydrogens (tertiary/aromatic N) is 1. The zero-order valence-corrected chi connectivity index (χ0v) is 7.34. The summed E-state index contributed by atoms with van der Waals surface area (Å²) < 4.78 is 0. The van der Waals surface area contributed by atoms with Crippen molar-refractivity contribution in [2.75, 3.05) is 0 Å². The Labute approximate surface area is 77.1 Å². The molecule has 0 bridgehead atoms. The average Bonchev–Trinajstić information content (AvgIpc) is 2.04. The van der Waals surface area contributed by atoms with Gasteiger partial charge in [-0.3, -0.25) is 4.84 Å². The summed E-state index contributed by atoms with van der Waals surface area (Å²) in [4.78, 5) is 14.7. The highest BCUT2D eigenvalue weighted by Gasteiger charge is 2.04. The molecule has 12 heavy (non-hydrogen) atoms. The molecule has 0 spiro atoms. The van der Waals surface area contributed by atoms with Gasteiger partial charge in [-0.2, -0.15) is 0 Å². The Hall–Kier alpha value is -0.940. The molecule has 0 amide bonds. The van der Waals surface area contributed by atoms with Gasteiger partial charge in [-0.05, 0) is 33.8 Å². The van der Waals surface area contributed by atoms with Crippen molar-refractivity contribution in [2.24, 2.45) is 0 Å². The molecule has 0 saturated heterocycles. The summed E-state index contributed by atoms with van der Waals surface area (Å²) in [5.41, 5.74) is 0. The average molecular weight is 206 g/mol. The second kappa shape index (κ2) is 4.18. The van der Waals surface area contributed by atoms with Crippen LogP contribution in [0.4, 0.5) is 0 Å². The maximum atomic E-state index is 9.97. The summed E-state index contributed by atoms with van der Waals surface area (Å²) in [7, 11) is 6.31. The van der Waals surface area contributed by atoms with Gasteiger partial charge in [-0.15, -0.1) is 10.1 Å². The third-order valence-electron chi connectivity index (χ3n) is 1.11. The first-order valence-corrected chi connectivity index (χ1v) is 4.58. The standard InChI is InChI=1S/C6H4ClNO3S/c7-12-6-4-2-1-3-5(6)11-8(9)10/h1-4H. The van der Waals surface area contributed by atoms with Crippen LogP contribution in [-0.4, -0.2) is 5.09 Å². The lowest BCUT2D eigenvalue weighted by Crippen LogP contribution is -2.03. The summed E-state index contributed by atoms with van der Waals surface area (Å²) >= 11 is 0. The molecular formula is C6H4ClNO3S. The van der Waals surface area contributed by atoms with Crippen LogP contribution in [0, 0.1) is 10.1 Å². The zero-order chi connectivity index (χ0) is 8.97. The van der Waals surface area contributed by atoms with Crippen molar-refractivity contribution >= 4 is 21.7 Å². The predicted molar refractivity (Wildman–Crippen MR) is 45.8 cm³/mol. The van der Waals surface area contributed by atoms with Gasteiger partial charge in [0.15, 0.2) is 0 Å². The van der Waals surface area contributed by atoms with Gasteiger partial charge in [-0.25, -0.2) is 0 Å². The van der Waals surface area contributed by atoms with E-state index < -0.39 is 5.09 Å². The van der Waals surface area contributed by atoms with Gasteiger partial charge in [0.2, 0.25) is 0 Å². The van der Waals surface area contributed by atoms with Crippen LogP contribution in [0.15, 0.2) is 29.2 Å². The molecule has 1 aromatic rings. The number of hydrogen-bond donors (Lipinski definition) is 0. The number of para-hydroxylation sites is 1. The van der Waals surface area contributed by atoms with E-state index in [-0.39, 0.29) is 5.75 Å². The van der Waals surface area contributed by atoms with E-state index in [0.29, 0.717) is 4.90 Å². The van der Waals surface area contributed by atoms with E-state index in [0.717, 1.165) is 11.0 Å². The van der Waals surface area contributed by atoms with Gasteiger partial charge in [-0.1, -0.05) is 12.1 Å². The molecule has 6 heteroatoms. The molecule has 1 rings (SSSR count). The van der Waals surface area contributed by atoms with E-state index in [1.54, 1.807) is 18.2 Å². The quantitative estimate of drug-likeness (QED) is 0.562. The van der Waals surface area contributed by atoms with Crippen molar-refractivity contribution in [1.82, 2.24) is 0 Å². The second-order valence-electron chi connectivity index (χ2n) is 1.84. The third kappa shape index (κ3) is 2.28. The van der Waals surface area contributed by atoms with Gasteiger partial charge < -0.3 is 0 Å². The van der Waals surface area contributed by atoms with Crippen LogP contribution in [0.2, 0.25) is 0 Å². The summed E-state index contributed by atoms with van der Waals surface area (Å²) in [5, 5.41) is 9.10. The molecule has 0 atom stereocenters. The van der Waals surface area contributed by atoms with E-state index >= 15 is 0 Å². The SMILES string of the molecule is O=[N+]([O-])Oc1ccccc1SCl. The number of rotatable bonds is 3. The molecule has 0 saturated carbocycles. The van der Waals surface area contributed by atoms with E-state index in [1.165, 1.54) is 6.07 Å². The zero-order valence-electron chi connectivity index (χ0n) is 5.77. The molecule has 0 aliphatic heterocycles. The Bertz CT molecular complexity index is 294. The molecule has 0 fully saturated rings. The van der Waals surface area contributed by atoms with Gasteiger partial charge >= 0.3 is 0 Å².